The van der Waals surface area contributed by atoms with Crippen molar-refractivity contribution < 1.29 is 4.92 Å². The van der Waals surface area contributed by atoms with Gasteiger partial charge in [0.25, 0.3) is 11.2 Å². The molecule has 0 aliphatic heterocycles. The zero-order valence-corrected chi connectivity index (χ0v) is 15.2. The van der Waals surface area contributed by atoms with E-state index in [1.54, 1.807) is 4.40 Å². The molecule has 9 heteroatoms. The molecule has 3 rings (SSSR count). The van der Waals surface area contributed by atoms with Gasteiger partial charge in [0.15, 0.2) is 4.96 Å². The zero-order valence-electron chi connectivity index (χ0n) is 13.6. The number of nitro benzene ring substituents is 1. The number of hydrogen-bond acceptors (Lipinski definition) is 6. The van der Waals surface area contributed by atoms with Crippen molar-refractivity contribution in [3.63, 3.8) is 0 Å². The van der Waals surface area contributed by atoms with Crippen LogP contribution in [0.1, 0.15) is 17.0 Å². The lowest BCUT2D eigenvalue weighted by atomic mass is 10.2. The highest BCUT2D eigenvalue weighted by atomic mass is 35.5. The van der Waals surface area contributed by atoms with Crippen LogP contribution >= 0.6 is 22.9 Å². The minimum Gasteiger partial charge on any atom is -0.296 e. The Hall–Kier alpha value is -2.29. The van der Waals surface area contributed by atoms with E-state index >= 15 is 0 Å². The molecule has 0 fully saturated rings. The Morgan fingerprint density at radius 1 is 1.36 bits per heavy atom. The van der Waals surface area contributed by atoms with Gasteiger partial charge in [-0.05, 0) is 25.6 Å². The van der Waals surface area contributed by atoms with Crippen molar-refractivity contribution >= 4 is 33.6 Å². The number of fused-ring (bicyclic) bond motifs is 1. The van der Waals surface area contributed by atoms with Crippen molar-refractivity contribution in [2.45, 2.75) is 20.0 Å². The maximum absolute atomic E-state index is 12.2. The zero-order chi connectivity index (χ0) is 18.1. The first-order valence-corrected chi connectivity index (χ1v) is 8.69. The third kappa shape index (κ3) is 3.71. The normalized spacial score (nSPS) is 11.4. The number of aryl methyl sites for hydroxylation is 1. The van der Waals surface area contributed by atoms with Gasteiger partial charge >= 0.3 is 0 Å². The van der Waals surface area contributed by atoms with Crippen molar-refractivity contribution in [3.05, 3.63) is 72.1 Å². The van der Waals surface area contributed by atoms with Crippen LogP contribution in [0.25, 0.3) is 4.96 Å². The molecule has 0 atom stereocenters. The molecule has 0 saturated carbocycles. The molecule has 7 nitrogen and oxygen atoms in total. The summed E-state index contributed by atoms with van der Waals surface area (Å²) in [4.78, 5) is 29.7. The van der Waals surface area contributed by atoms with Crippen LogP contribution in [0, 0.1) is 17.0 Å². The Labute approximate surface area is 152 Å². The smallest absolute Gasteiger partial charge is 0.269 e. The summed E-state index contributed by atoms with van der Waals surface area (Å²) in [5.41, 5.74) is 2.06. The highest BCUT2D eigenvalue weighted by molar-refractivity contribution is 7.15. The molecular weight excluding hydrogens is 364 g/mol. The molecule has 0 spiro atoms. The number of nitro groups is 1. The van der Waals surface area contributed by atoms with Gasteiger partial charge in [0.05, 0.1) is 10.6 Å². The molecule has 2 heterocycles. The summed E-state index contributed by atoms with van der Waals surface area (Å²) < 4.78 is 1.57. The number of benzene rings is 1. The van der Waals surface area contributed by atoms with Gasteiger partial charge < -0.3 is 0 Å². The summed E-state index contributed by atoms with van der Waals surface area (Å²) in [5, 5.41) is 13.3. The van der Waals surface area contributed by atoms with Gasteiger partial charge in [0.1, 0.15) is 0 Å². The quantitative estimate of drug-likeness (QED) is 0.502. The fourth-order valence-electron chi connectivity index (χ4n) is 2.60. The van der Waals surface area contributed by atoms with Gasteiger partial charge in [0.2, 0.25) is 0 Å². The topological polar surface area (TPSA) is 80.8 Å². The van der Waals surface area contributed by atoms with Gasteiger partial charge in [-0.2, -0.15) is 0 Å². The van der Waals surface area contributed by atoms with Crippen LogP contribution < -0.4 is 5.56 Å². The van der Waals surface area contributed by atoms with E-state index in [0.29, 0.717) is 34.3 Å². The minimum absolute atomic E-state index is 0.000324. The predicted molar refractivity (Wildman–Crippen MR) is 97.4 cm³/mol. The molecule has 25 heavy (non-hydrogen) atoms. The van der Waals surface area contributed by atoms with E-state index in [1.165, 1.54) is 35.6 Å². The average Bonchev–Trinajstić information content (AvgIpc) is 2.90. The first kappa shape index (κ1) is 17.5. The molecule has 1 aromatic carbocycles. The Bertz CT molecular complexity index is 1010. The SMILES string of the molecule is Cc1csc2nc(CN(C)Cc3cc([N+](=O)[O-])ccc3Cl)cc(=O)n12. The van der Waals surface area contributed by atoms with Crippen LogP contribution in [0.4, 0.5) is 5.69 Å². The van der Waals surface area contributed by atoms with Crippen LogP contribution in [0.2, 0.25) is 5.02 Å². The van der Waals surface area contributed by atoms with Crippen molar-refractivity contribution in [3.8, 4) is 0 Å². The second kappa shape index (κ2) is 6.91. The number of aromatic nitrogens is 2. The fraction of sp³-hybridized carbons (Fsp3) is 0.250. The lowest BCUT2D eigenvalue weighted by Crippen LogP contribution is -2.21. The van der Waals surface area contributed by atoms with E-state index in [2.05, 4.69) is 4.98 Å². The Balaban J connectivity index is 1.81. The maximum Gasteiger partial charge on any atom is 0.269 e. The molecule has 0 saturated heterocycles. The van der Waals surface area contributed by atoms with E-state index in [9.17, 15) is 14.9 Å². The van der Waals surface area contributed by atoms with Crippen LogP contribution in [-0.4, -0.2) is 26.3 Å². The Morgan fingerprint density at radius 3 is 2.84 bits per heavy atom. The monoisotopic (exact) mass is 378 g/mol. The van der Waals surface area contributed by atoms with E-state index in [-0.39, 0.29) is 11.2 Å². The maximum atomic E-state index is 12.2. The second-order valence-electron chi connectivity index (χ2n) is 5.79. The number of hydrogen-bond donors (Lipinski definition) is 0. The molecule has 0 radical (unpaired) electrons. The number of rotatable bonds is 5. The molecule has 3 aromatic rings. The van der Waals surface area contributed by atoms with Crippen LogP contribution in [0.15, 0.2) is 34.4 Å². The largest absolute Gasteiger partial charge is 0.296 e. The molecule has 0 bridgehead atoms. The predicted octanol–water partition coefficient (Wildman–Crippen LogP) is 3.26. The first-order valence-electron chi connectivity index (χ1n) is 7.43. The van der Waals surface area contributed by atoms with E-state index in [4.69, 9.17) is 11.6 Å². The van der Waals surface area contributed by atoms with Gasteiger partial charge in [-0.3, -0.25) is 24.2 Å². The molecule has 2 aromatic heterocycles. The molecule has 0 unspecified atom stereocenters. The standard InChI is InChI=1S/C16H15ClN4O3S/c1-10-9-25-16-18-12(6-15(22)20(10)16)8-19(2)7-11-5-13(21(23)24)3-4-14(11)17/h3-6,9H,7-8H2,1-2H3. The second-order valence-corrected chi connectivity index (χ2v) is 7.03. The number of halogens is 1. The Kier molecular flexibility index (Phi) is 4.85. The van der Waals surface area contributed by atoms with E-state index < -0.39 is 4.92 Å². The third-order valence-electron chi connectivity index (χ3n) is 3.74. The average molecular weight is 379 g/mol. The molecule has 0 aliphatic rings. The number of thiazole rings is 1. The summed E-state index contributed by atoms with van der Waals surface area (Å²) in [6, 6.07) is 5.88. The van der Waals surface area contributed by atoms with Crippen molar-refractivity contribution in [1.82, 2.24) is 14.3 Å². The highest BCUT2D eigenvalue weighted by Crippen LogP contribution is 2.23. The van der Waals surface area contributed by atoms with Crippen LogP contribution in [-0.2, 0) is 13.1 Å². The van der Waals surface area contributed by atoms with E-state index in [0.717, 1.165) is 5.69 Å². The van der Waals surface area contributed by atoms with Crippen molar-refractivity contribution in [1.29, 1.82) is 0 Å². The first-order chi connectivity index (χ1) is 11.8. The molecular formula is C16H15ClN4O3S. The highest BCUT2D eigenvalue weighted by Gasteiger charge is 2.13. The molecule has 0 aliphatic carbocycles. The van der Waals surface area contributed by atoms with Crippen molar-refractivity contribution in [2.24, 2.45) is 0 Å². The third-order valence-corrected chi connectivity index (χ3v) is 5.05. The fourth-order valence-corrected chi connectivity index (χ4v) is 3.67. The molecule has 0 amide bonds. The molecule has 130 valence electrons. The molecule has 0 N–H and O–H groups in total. The van der Waals surface area contributed by atoms with Gasteiger partial charge in [-0.15, -0.1) is 11.3 Å². The minimum atomic E-state index is -0.449. The van der Waals surface area contributed by atoms with Crippen LogP contribution in [0.3, 0.4) is 0 Å². The van der Waals surface area contributed by atoms with Crippen LogP contribution in [0.5, 0.6) is 0 Å². The van der Waals surface area contributed by atoms with Gasteiger partial charge in [-0.1, -0.05) is 11.6 Å². The summed E-state index contributed by atoms with van der Waals surface area (Å²) in [5.74, 6) is 0. The number of non-ortho nitro benzene ring substituents is 1. The summed E-state index contributed by atoms with van der Waals surface area (Å²) >= 11 is 7.56. The number of nitrogens with zero attached hydrogens (tertiary/aromatic N) is 4. The Morgan fingerprint density at radius 2 is 2.12 bits per heavy atom. The summed E-state index contributed by atoms with van der Waals surface area (Å²) in [6.45, 7) is 2.70. The van der Waals surface area contributed by atoms with E-state index in [1.807, 2.05) is 24.3 Å². The van der Waals surface area contributed by atoms with Crippen molar-refractivity contribution in [2.75, 3.05) is 7.05 Å². The summed E-state index contributed by atoms with van der Waals surface area (Å²) in [7, 11) is 1.85. The lowest BCUT2D eigenvalue weighted by Gasteiger charge is -2.17. The van der Waals surface area contributed by atoms with Gasteiger partial charge in [-0.25, -0.2) is 4.98 Å². The summed E-state index contributed by atoms with van der Waals surface area (Å²) in [6.07, 6.45) is 0. The van der Waals surface area contributed by atoms with Gasteiger partial charge in [0, 0.05) is 47.4 Å². The lowest BCUT2D eigenvalue weighted by molar-refractivity contribution is -0.384.